The van der Waals surface area contributed by atoms with Crippen molar-refractivity contribution in [3.05, 3.63) is 92.2 Å². The van der Waals surface area contributed by atoms with Gasteiger partial charge in [0.25, 0.3) is 0 Å². The van der Waals surface area contributed by atoms with Crippen LogP contribution in [0.3, 0.4) is 0 Å². The molecule has 0 radical (unpaired) electrons. The van der Waals surface area contributed by atoms with E-state index in [4.69, 9.17) is 4.74 Å². The molecule has 0 spiro atoms. The normalized spacial score (nSPS) is 21.0. The lowest BCUT2D eigenvalue weighted by Crippen LogP contribution is -2.36. The van der Waals surface area contributed by atoms with Gasteiger partial charge in [0.2, 0.25) is 0 Å². The first-order valence-corrected chi connectivity index (χ1v) is 10.6. The molecule has 31 heavy (non-hydrogen) atoms. The van der Waals surface area contributed by atoms with E-state index in [1.165, 1.54) is 25.3 Å². The number of nitrogens with one attached hydrogen (secondary N) is 1. The Morgan fingerprint density at radius 1 is 1.13 bits per heavy atom. The predicted octanol–water partition coefficient (Wildman–Crippen LogP) is 5.26. The standard InChI is InChI=1S/C24H20BrF2NO3/c1-12-21(24(30)31-2)22(17-11-15(25)5-8-18(17)27)23-19(28-12)9-14(10-20(23)29)13-3-6-16(26)7-4-13/h3-8,11,14,22,28H,9-10H2,1-2H3/t14-,22+/m0/s1. The zero-order valence-electron chi connectivity index (χ0n) is 17.0. The van der Waals surface area contributed by atoms with Crippen LogP contribution in [0.4, 0.5) is 8.78 Å². The largest absolute Gasteiger partial charge is 0.466 e. The highest BCUT2D eigenvalue weighted by Crippen LogP contribution is 2.46. The lowest BCUT2D eigenvalue weighted by atomic mass is 9.71. The van der Waals surface area contributed by atoms with Crippen LogP contribution in [0.5, 0.6) is 0 Å². The van der Waals surface area contributed by atoms with Crippen molar-refractivity contribution in [1.82, 2.24) is 5.32 Å². The molecule has 1 N–H and O–H groups in total. The van der Waals surface area contributed by atoms with Gasteiger partial charge in [0, 0.05) is 33.4 Å². The summed E-state index contributed by atoms with van der Waals surface area (Å²) in [7, 11) is 1.26. The Morgan fingerprint density at radius 3 is 2.52 bits per heavy atom. The van der Waals surface area contributed by atoms with Crippen LogP contribution in [0.2, 0.25) is 0 Å². The van der Waals surface area contributed by atoms with Gasteiger partial charge in [-0.2, -0.15) is 0 Å². The molecule has 2 aliphatic rings. The molecule has 0 bridgehead atoms. The summed E-state index contributed by atoms with van der Waals surface area (Å²) in [6.45, 7) is 1.71. The maximum atomic E-state index is 14.9. The van der Waals surface area contributed by atoms with Gasteiger partial charge in [-0.25, -0.2) is 13.6 Å². The predicted molar refractivity (Wildman–Crippen MR) is 115 cm³/mol. The maximum absolute atomic E-state index is 14.9. The molecule has 0 fully saturated rings. The van der Waals surface area contributed by atoms with Crippen LogP contribution in [-0.4, -0.2) is 18.9 Å². The lowest BCUT2D eigenvalue weighted by Gasteiger charge is -2.36. The number of dihydropyridines is 1. The zero-order chi connectivity index (χ0) is 22.3. The fourth-order valence-corrected chi connectivity index (χ4v) is 4.82. The van der Waals surface area contributed by atoms with Gasteiger partial charge in [0.05, 0.1) is 18.6 Å². The van der Waals surface area contributed by atoms with Gasteiger partial charge in [-0.05, 0) is 55.2 Å². The van der Waals surface area contributed by atoms with Crippen molar-refractivity contribution in [1.29, 1.82) is 0 Å². The number of halogens is 3. The SMILES string of the molecule is COC(=O)C1=C(C)NC2=C(C(=O)C[C@@H](c3ccc(F)cc3)C2)[C@@H]1c1cc(Br)ccc1F. The van der Waals surface area contributed by atoms with Crippen LogP contribution in [0, 0.1) is 11.6 Å². The van der Waals surface area contributed by atoms with Crippen LogP contribution in [0.25, 0.3) is 0 Å². The molecular formula is C24H20BrF2NO3. The minimum Gasteiger partial charge on any atom is -0.466 e. The number of carbonyl (C=O) groups is 2. The van der Waals surface area contributed by atoms with Crippen molar-refractivity contribution in [2.45, 2.75) is 31.6 Å². The highest BCUT2D eigenvalue weighted by Gasteiger charge is 2.42. The van der Waals surface area contributed by atoms with Crippen molar-refractivity contribution in [2.24, 2.45) is 0 Å². The van der Waals surface area contributed by atoms with Crippen LogP contribution in [0.15, 0.2) is 69.5 Å². The number of hydrogen-bond donors (Lipinski definition) is 1. The summed E-state index contributed by atoms with van der Waals surface area (Å²) >= 11 is 3.36. The Hall–Kier alpha value is -2.80. The molecule has 1 aliphatic heterocycles. The number of esters is 1. The number of hydrogen-bond acceptors (Lipinski definition) is 4. The Kier molecular flexibility index (Phi) is 5.79. The lowest BCUT2D eigenvalue weighted by molar-refractivity contribution is -0.136. The van der Waals surface area contributed by atoms with Crippen LogP contribution in [-0.2, 0) is 14.3 Å². The number of methoxy groups -OCH3 is 1. The van der Waals surface area contributed by atoms with Crippen molar-refractivity contribution >= 4 is 27.7 Å². The molecule has 2 aromatic carbocycles. The maximum Gasteiger partial charge on any atom is 0.336 e. The number of allylic oxidation sites excluding steroid dienone is 3. The van der Waals surface area contributed by atoms with E-state index in [0.29, 0.717) is 27.9 Å². The molecule has 160 valence electrons. The smallest absolute Gasteiger partial charge is 0.336 e. The molecule has 0 aromatic heterocycles. The molecular weight excluding hydrogens is 468 g/mol. The third-order valence-electron chi connectivity index (χ3n) is 5.84. The van der Waals surface area contributed by atoms with E-state index in [9.17, 15) is 18.4 Å². The van der Waals surface area contributed by atoms with Crippen molar-refractivity contribution in [2.75, 3.05) is 7.11 Å². The zero-order valence-corrected chi connectivity index (χ0v) is 18.6. The van der Waals surface area contributed by atoms with E-state index in [2.05, 4.69) is 21.2 Å². The fraction of sp³-hybridized carbons (Fsp3) is 0.250. The van der Waals surface area contributed by atoms with E-state index in [0.717, 1.165) is 5.56 Å². The summed E-state index contributed by atoms with van der Waals surface area (Å²) in [4.78, 5) is 26.0. The summed E-state index contributed by atoms with van der Waals surface area (Å²) in [5.41, 5.74) is 2.85. The summed E-state index contributed by atoms with van der Waals surface area (Å²) in [6, 6.07) is 10.6. The van der Waals surface area contributed by atoms with Crippen molar-refractivity contribution in [3.63, 3.8) is 0 Å². The molecule has 0 amide bonds. The Morgan fingerprint density at radius 2 is 1.84 bits per heavy atom. The summed E-state index contributed by atoms with van der Waals surface area (Å²) < 4.78 is 33.8. The second-order valence-electron chi connectivity index (χ2n) is 7.73. The van der Waals surface area contributed by atoms with Crippen LogP contribution < -0.4 is 5.32 Å². The highest BCUT2D eigenvalue weighted by molar-refractivity contribution is 9.10. The van der Waals surface area contributed by atoms with E-state index in [1.54, 1.807) is 31.2 Å². The molecule has 1 aliphatic carbocycles. The molecule has 2 atom stereocenters. The Bertz CT molecular complexity index is 1140. The van der Waals surface area contributed by atoms with E-state index < -0.39 is 17.7 Å². The van der Waals surface area contributed by atoms with Crippen LogP contribution in [0.1, 0.15) is 42.7 Å². The van der Waals surface area contributed by atoms with Gasteiger partial charge in [-0.1, -0.05) is 28.1 Å². The van der Waals surface area contributed by atoms with Gasteiger partial charge in [0.1, 0.15) is 11.6 Å². The first-order chi connectivity index (χ1) is 14.8. The first kappa shape index (κ1) is 21.4. The Balaban J connectivity index is 1.84. The highest BCUT2D eigenvalue weighted by atomic mass is 79.9. The molecule has 4 nitrogen and oxygen atoms in total. The summed E-state index contributed by atoms with van der Waals surface area (Å²) in [5.74, 6) is -2.66. The van der Waals surface area contributed by atoms with Gasteiger partial charge < -0.3 is 10.1 Å². The second kappa shape index (κ2) is 8.38. The van der Waals surface area contributed by atoms with Gasteiger partial charge in [0.15, 0.2) is 5.78 Å². The molecule has 7 heteroatoms. The number of Topliss-reactive ketones (excluding diaryl/α,β-unsaturated/α-hetero) is 1. The number of benzene rings is 2. The fourth-order valence-electron chi connectivity index (χ4n) is 4.44. The third-order valence-corrected chi connectivity index (χ3v) is 6.34. The van der Waals surface area contributed by atoms with E-state index in [-0.39, 0.29) is 35.1 Å². The second-order valence-corrected chi connectivity index (χ2v) is 8.64. The number of carbonyl (C=O) groups excluding carboxylic acids is 2. The minimum atomic E-state index is -0.872. The monoisotopic (exact) mass is 487 g/mol. The summed E-state index contributed by atoms with van der Waals surface area (Å²) in [6.07, 6.45) is 0.677. The molecule has 0 saturated carbocycles. The van der Waals surface area contributed by atoms with E-state index in [1.807, 2.05) is 0 Å². The van der Waals surface area contributed by atoms with Crippen LogP contribution >= 0.6 is 15.9 Å². The van der Waals surface area contributed by atoms with Gasteiger partial charge in [-0.3, -0.25) is 4.79 Å². The molecule has 0 saturated heterocycles. The molecule has 0 unspecified atom stereocenters. The third kappa shape index (κ3) is 3.94. The molecule has 2 aromatic rings. The average Bonchev–Trinajstić information content (AvgIpc) is 2.74. The minimum absolute atomic E-state index is 0.139. The Labute approximate surface area is 187 Å². The average molecular weight is 488 g/mol. The topological polar surface area (TPSA) is 55.4 Å². The van der Waals surface area contributed by atoms with E-state index >= 15 is 0 Å². The number of ether oxygens (including phenoxy) is 1. The van der Waals surface area contributed by atoms with Crippen molar-refractivity contribution in [3.8, 4) is 0 Å². The number of ketones is 1. The van der Waals surface area contributed by atoms with Crippen molar-refractivity contribution < 1.29 is 23.1 Å². The van der Waals surface area contributed by atoms with Gasteiger partial charge >= 0.3 is 5.97 Å². The first-order valence-electron chi connectivity index (χ1n) is 9.83. The molecule has 4 rings (SSSR count). The van der Waals surface area contributed by atoms with Gasteiger partial charge in [-0.15, -0.1) is 0 Å². The number of rotatable bonds is 3. The summed E-state index contributed by atoms with van der Waals surface area (Å²) in [5, 5.41) is 3.19. The quantitative estimate of drug-likeness (QED) is 0.599. The molecule has 1 heterocycles.